The van der Waals surface area contributed by atoms with Crippen LogP contribution in [-0.4, -0.2) is 22.6 Å². The molecule has 1 aromatic heterocycles. The number of rotatable bonds is 3. The van der Waals surface area contributed by atoms with Crippen LogP contribution in [0.1, 0.15) is 18.2 Å². The zero-order valence-corrected chi connectivity index (χ0v) is 16.0. The molecule has 1 aliphatic heterocycles. The molecule has 2 heterocycles. The Morgan fingerprint density at radius 3 is 2.74 bits per heavy atom. The lowest BCUT2D eigenvalue weighted by molar-refractivity contribution is -0.117. The lowest BCUT2D eigenvalue weighted by Gasteiger charge is -2.16. The second kappa shape index (κ2) is 7.01. The van der Waals surface area contributed by atoms with Gasteiger partial charge in [-0.2, -0.15) is 4.98 Å². The van der Waals surface area contributed by atoms with Gasteiger partial charge in [0, 0.05) is 23.6 Å². The second-order valence-corrected chi connectivity index (χ2v) is 7.38. The van der Waals surface area contributed by atoms with E-state index in [4.69, 9.17) is 16.1 Å². The average Bonchev–Trinajstić information content (AvgIpc) is 3.25. The fourth-order valence-electron chi connectivity index (χ4n) is 2.96. The van der Waals surface area contributed by atoms with Crippen molar-refractivity contribution in [2.75, 3.05) is 11.4 Å². The van der Waals surface area contributed by atoms with E-state index in [0.717, 1.165) is 6.07 Å². The molecule has 0 bridgehead atoms. The van der Waals surface area contributed by atoms with Gasteiger partial charge < -0.3 is 9.42 Å². The molecule has 2 aromatic carbocycles. The molecule has 0 N–H and O–H groups in total. The Balaban J connectivity index is 1.57. The highest BCUT2D eigenvalue weighted by Crippen LogP contribution is 2.34. The van der Waals surface area contributed by atoms with E-state index < -0.39 is 11.6 Å². The molecule has 0 aliphatic carbocycles. The number of benzene rings is 2. The molecule has 9 heteroatoms. The minimum Gasteiger partial charge on any atom is -0.339 e. The van der Waals surface area contributed by atoms with Gasteiger partial charge in [0.2, 0.25) is 17.6 Å². The van der Waals surface area contributed by atoms with Crippen LogP contribution in [0.4, 0.5) is 14.5 Å². The molecule has 1 fully saturated rings. The summed E-state index contributed by atoms with van der Waals surface area (Å²) in [6, 6.07) is 8.52. The summed E-state index contributed by atoms with van der Waals surface area (Å²) in [5.74, 6) is -1.02. The van der Waals surface area contributed by atoms with Crippen LogP contribution in [0.2, 0.25) is 5.02 Å². The van der Waals surface area contributed by atoms with E-state index in [1.807, 2.05) is 0 Å². The third kappa shape index (κ3) is 3.46. The van der Waals surface area contributed by atoms with E-state index in [-0.39, 0.29) is 51.7 Å². The van der Waals surface area contributed by atoms with E-state index in [0.29, 0.717) is 5.56 Å². The fraction of sp³-hybridized carbons (Fsp3) is 0.167. The molecule has 3 aromatic rings. The molecular formula is C18H11BrClF2N3O2. The number of anilines is 1. The normalized spacial score (nSPS) is 17.0. The van der Waals surface area contributed by atoms with Crippen LogP contribution in [0.5, 0.6) is 0 Å². The summed E-state index contributed by atoms with van der Waals surface area (Å²) in [6.07, 6.45) is 0.122. The summed E-state index contributed by atoms with van der Waals surface area (Å²) in [7, 11) is 0. The summed E-state index contributed by atoms with van der Waals surface area (Å²) >= 11 is 8.88. The van der Waals surface area contributed by atoms with Crippen LogP contribution in [-0.2, 0) is 4.79 Å². The smallest absolute Gasteiger partial charge is 0.232 e. The van der Waals surface area contributed by atoms with Crippen LogP contribution < -0.4 is 4.90 Å². The Morgan fingerprint density at radius 2 is 2.00 bits per heavy atom. The molecule has 1 aliphatic rings. The van der Waals surface area contributed by atoms with Crippen LogP contribution in [0.15, 0.2) is 45.4 Å². The van der Waals surface area contributed by atoms with Gasteiger partial charge in [0.1, 0.15) is 11.6 Å². The van der Waals surface area contributed by atoms with Crippen molar-refractivity contribution in [2.45, 2.75) is 12.3 Å². The number of hydrogen-bond donors (Lipinski definition) is 0. The average molecular weight is 455 g/mol. The quantitative estimate of drug-likeness (QED) is 0.562. The highest BCUT2D eigenvalue weighted by atomic mass is 79.9. The summed E-state index contributed by atoms with van der Waals surface area (Å²) < 4.78 is 33.1. The first-order valence-electron chi connectivity index (χ1n) is 7.97. The number of carbonyl (C=O) groups is 1. The first-order valence-corrected chi connectivity index (χ1v) is 9.14. The standard InChI is InChI=1S/C18H11BrClF2N3O2/c19-12-5-9(1-3-13(12)21)17-23-18(27-24-17)10-6-16(26)25(8-10)15-4-2-11(20)7-14(15)22/h1-5,7,10H,6,8H2. The van der Waals surface area contributed by atoms with Crippen molar-refractivity contribution in [3.8, 4) is 11.4 Å². The van der Waals surface area contributed by atoms with Gasteiger partial charge in [-0.15, -0.1) is 0 Å². The molecule has 1 atom stereocenters. The monoisotopic (exact) mass is 453 g/mol. The highest BCUT2D eigenvalue weighted by Gasteiger charge is 2.36. The molecule has 5 nitrogen and oxygen atoms in total. The number of hydrogen-bond acceptors (Lipinski definition) is 4. The van der Waals surface area contributed by atoms with Crippen LogP contribution in [0.3, 0.4) is 0 Å². The fourth-order valence-corrected chi connectivity index (χ4v) is 3.50. The molecule has 27 heavy (non-hydrogen) atoms. The number of aromatic nitrogens is 2. The van der Waals surface area contributed by atoms with Gasteiger partial charge in [0.25, 0.3) is 0 Å². The Labute approximate surface area is 166 Å². The third-order valence-electron chi connectivity index (χ3n) is 4.29. The summed E-state index contributed by atoms with van der Waals surface area (Å²) in [5.41, 5.74) is 0.734. The Kier molecular flexibility index (Phi) is 4.69. The van der Waals surface area contributed by atoms with Crippen molar-refractivity contribution in [2.24, 2.45) is 0 Å². The van der Waals surface area contributed by atoms with Crippen molar-refractivity contribution in [3.05, 3.63) is 63.4 Å². The maximum absolute atomic E-state index is 14.1. The van der Waals surface area contributed by atoms with Crippen LogP contribution in [0.25, 0.3) is 11.4 Å². The minimum atomic E-state index is -0.570. The van der Waals surface area contributed by atoms with Gasteiger partial charge >= 0.3 is 0 Å². The molecule has 0 radical (unpaired) electrons. The Bertz CT molecular complexity index is 1040. The summed E-state index contributed by atoms with van der Waals surface area (Å²) in [4.78, 5) is 18.0. The van der Waals surface area contributed by atoms with Gasteiger partial charge in [-0.3, -0.25) is 4.79 Å². The van der Waals surface area contributed by atoms with Gasteiger partial charge in [-0.05, 0) is 52.3 Å². The zero-order chi connectivity index (χ0) is 19.1. The SMILES string of the molecule is O=C1CC(c2nc(-c3ccc(F)c(Br)c3)no2)CN1c1ccc(Cl)cc1F. The number of amides is 1. The molecule has 4 rings (SSSR count). The molecular weight excluding hydrogens is 444 g/mol. The van der Waals surface area contributed by atoms with Crippen molar-refractivity contribution in [1.82, 2.24) is 10.1 Å². The predicted octanol–water partition coefficient (Wildman–Crippen LogP) is 4.95. The Hall–Kier alpha value is -2.32. The number of nitrogens with zero attached hydrogens (tertiary/aromatic N) is 3. The van der Waals surface area contributed by atoms with Crippen LogP contribution >= 0.6 is 27.5 Å². The number of carbonyl (C=O) groups excluding carboxylic acids is 1. The first-order chi connectivity index (χ1) is 12.9. The number of halogens is 4. The summed E-state index contributed by atoms with van der Waals surface area (Å²) in [5, 5.41) is 4.16. The highest BCUT2D eigenvalue weighted by molar-refractivity contribution is 9.10. The van der Waals surface area contributed by atoms with E-state index in [2.05, 4.69) is 26.1 Å². The summed E-state index contributed by atoms with van der Waals surface area (Å²) in [6.45, 7) is 0.214. The van der Waals surface area contributed by atoms with Gasteiger partial charge in [0.05, 0.1) is 16.1 Å². The van der Waals surface area contributed by atoms with Gasteiger partial charge in [0.15, 0.2) is 0 Å². The molecule has 138 valence electrons. The van der Waals surface area contributed by atoms with E-state index in [9.17, 15) is 13.6 Å². The van der Waals surface area contributed by atoms with E-state index in [1.165, 1.54) is 29.2 Å². The van der Waals surface area contributed by atoms with Crippen molar-refractivity contribution >= 4 is 39.1 Å². The zero-order valence-electron chi connectivity index (χ0n) is 13.6. The molecule has 1 amide bonds. The topological polar surface area (TPSA) is 59.2 Å². The lowest BCUT2D eigenvalue weighted by atomic mass is 10.1. The molecule has 1 unspecified atom stereocenters. The van der Waals surface area contributed by atoms with Crippen molar-refractivity contribution in [1.29, 1.82) is 0 Å². The molecule has 0 saturated carbocycles. The van der Waals surface area contributed by atoms with Gasteiger partial charge in [-0.25, -0.2) is 8.78 Å². The van der Waals surface area contributed by atoms with Crippen molar-refractivity contribution in [3.63, 3.8) is 0 Å². The predicted molar refractivity (Wildman–Crippen MR) is 98.5 cm³/mol. The second-order valence-electron chi connectivity index (χ2n) is 6.09. The molecule has 0 spiro atoms. The van der Waals surface area contributed by atoms with Crippen molar-refractivity contribution < 1.29 is 18.1 Å². The third-order valence-corrected chi connectivity index (χ3v) is 5.14. The minimum absolute atomic E-state index is 0.122. The lowest BCUT2D eigenvalue weighted by Crippen LogP contribution is -2.25. The largest absolute Gasteiger partial charge is 0.339 e. The first kappa shape index (κ1) is 18.1. The van der Waals surface area contributed by atoms with E-state index in [1.54, 1.807) is 6.07 Å². The molecule has 1 saturated heterocycles. The Morgan fingerprint density at radius 1 is 1.19 bits per heavy atom. The maximum atomic E-state index is 14.1. The van der Waals surface area contributed by atoms with Gasteiger partial charge in [-0.1, -0.05) is 16.8 Å². The van der Waals surface area contributed by atoms with Crippen LogP contribution in [0, 0.1) is 11.6 Å². The maximum Gasteiger partial charge on any atom is 0.232 e. The van der Waals surface area contributed by atoms with E-state index >= 15 is 0 Å².